The highest BCUT2D eigenvalue weighted by Crippen LogP contribution is 2.30. The predicted molar refractivity (Wildman–Crippen MR) is 95.3 cm³/mol. The highest BCUT2D eigenvalue weighted by atomic mass is 79.9. The van der Waals surface area contributed by atoms with Crippen molar-refractivity contribution in [3.05, 3.63) is 69.4 Å². The zero-order valence-electron chi connectivity index (χ0n) is 11.7. The Hall–Kier alpha value is -2.05. The van der Waals surface area contributed by atoms with Gasteiger partial charge in [0.1, 0.15) is 0 Å². The summed E-state index contributed by atoms with van der Waals surface area (Å²) in [4.78, 5) is 19.8. The maximum atomic E-state index is 11.2. The highest BCUT2D eigenvalue weighted by Gasteiger charge is 2.15. The molecule has 23 heavy (non-hydrogen) atoms. The molecule has 0 fully saturated rings. The second-order valence-electron chi connectivity index (χ2n) is 4.77. The Labute approximate surface area is 149 Å². The van der Waals surface area contributed by atoms with E-state index in [1.807, 2.05) is 48.5 Å². The number of benzene rings is 2. The lowest BCUT2D eigenvalue weighted by Crippen LogP contribution is -2.04. The summed E-state index contributed by atoms with van der Waals surface area (Å²) in [5, 5.41) is 9.18. The van der Waals surface area contributed by atoms with Crippen LogP contribution >= 0.6 is 31.9 Å². The fourth-order valence-corrected chi connectivity index (χ4v) is 2.65. The van der Waals surface area contributed by atoms with Gasteiger partial charge in [0, 0.05) is 20.1 Å². The minimum Gasteiger partial charge on any atom is -0.476 e. The van der Waals surface area contributed by atoms with E-state index in [0.29, 0.717) is 11.4 Å². The molecule has 0 bridgehead atoms. The molecule has 6 heteroatoms. The molecule has 1 aromatic heterocycles. The zero-order valence-corrected chi connectivity index (χ0v) is 14.9. The monoisotopic (exact) mass is 432 g/mol. The average molecular weight is 434 g/mol. The summed E-state index contributed by atoms with van der Waals surface area (Å²) in [6.07, 6.45) is 1.28. The van der Waals surface area contributed by atoms with Gasteiger partial charge in [0.15, 0.2) is 5.69 Å². The number of carboxylic acid groups (broad SMARTS) is 1. The first kappa shape index (κ1) is 15.8. The maximum absolute atomic E-state index is 11.2. The number of hydrogen-bond acceptors (Lipinski definition) is 3. The van der Waals surface area contributed by atoms with Crippen molar-refractivity contribution in [1.82, 2.24) is 9.97 Å². The molecule has 0 aliphatic rings. The summed E-state index contributed by atoms with van der Waals surface area (Å²) in [6, 6.07) is 15.2. The van der Waals surface area contributed by atoms with Crippen LogP contribution in [0.2, 0.25) is 0 Å². The molecule has 1 N–H and O–H groups in total. The molecule has 3 aromatic rings. The number of carboxylic acids is 1. The van der Waals surface area contributed by atoms with E-state index in [0.717, 1.165) is 20.1 Å². The second-order valence-corrected chi connectivity index (χ2v) is 6.60. The lowest BCUT2D eigenvalue weighted by atomic mass is 10.0. The molecule has 0 radical (unpaired) electrons. The summed E-state index contributed by atoms with van der Waals surface area (Å²) in [6.45, 7) is 0. The van der Waals surface area contributed by atoms with Gasteiger partial charge >= 0.3 is 5.97 Å². The van der Waals surface area contributed by atoms with E-state index in [1.165, 1.54) is 6.20 Å². The van der Waals surface area contributed by atoms with Crippen LogP contribution in [0, 0.1) is 0 Å². The van der Waals surface area contributed by atoms with Gasteiger partial charge in [-0.2, -0.15) is 0 Å². The zero-order chi connectivity index (χ0) is 16.4. The van der Waals surface area contributed by atoms with Crippen LogP contribution < -0.4 is 0 Å². The number of carbonyl (C=O) groups is 1. The van der Waals surface area contributed by atoms with Crippen molar-refractivity contribution >= 4 is 37.8 Å². The van der Waals surface area contributed by atoms with E-state index in [9.17, 15) is 9.90 Å². The lowest BCUT2D eigenvalue weighted by Gasteiger charge is -2.09. The van der Waals surface area contributed by atoms with E-state index in [1.54, 1.807) is 0 Å². The Balaban J connectivity index is 2.20. The van der Waals surface area contributed by atoms with Gasteiger partial charge in [0.25, 0.3) is 0 Å². The Morgan fingerprint density at radius 2 is 1.30 bits per heavy atom. The van der Waals surface area contributed by atoms with E-state index in [-0.39, 0.29) is 5.69 Å². The van der Waals surface area contributed by atoms with Crippen molar-refractivity contribution in [2.45, 2.75) is 0 Å². The molecule has 0 aliphatic heterocycles. The lowest BCUT2D eigenvalue weighted by molar-refractivity contribution is 0.0690. The van der Waals surface area contributed by atoms with Crippen LogP contribution in [0.3, 0.4) is 0 Å². The first-order chi connectivity index (χ1) is 11.0. The summed E-state index contributed by atoms with van der Waals surface area (Å²) in [5.74, 6) is -1.10. The molecule has 0 unspecified atom stereocenters. The number of nitrogens with zero attached hydrogens (tertiary/aromatic N) is 2. The van der Waals surface area contributed by atoms with Crippen LogP contribution in [-0.4, -0.2) is 21.0 Å². The molecule has 2 aromatic carbocycles. The first-order valence-corrected chi connectivity index (χ1v) is 8.25. The normalized spacial score (nSPS) is 10.5. The van der Waals surface area contributed by atoms with Crippen LogP contribution in [0.1, 0.15) is 10.5 Å². The minimum absolute atomic E-state index is 0.0798. The third-order valence-corrected chi connectivity index (χ3v) is 4.28. The summed E-state index contributed by atoms with van der Waals surface area (Å²) < 4.78 is 1.90. The Morgan fingerprint density at radius 3 is 1.78 bits per heavy atom. The van der Waals surface area contributed by atoms with Gasteiger partial charge in [0.05, 0.1) is 17.6 Å². The molecule has 0 spiro atoms. The number of aromatic carboxylic acids is 1. The standard InChI is InChI=1S/C17H10Br2N2O2/c18-12-5-1-10(2-6-12)15-16(11-3-7-13(19)8-4-11)21-14(9-20-15)17(22)23/h1-9H,(H,22,23). The highest BCUT2D eigenvalue weighted by molar-refractivity contribution is 9.10. The number of hydrogen-bond donors (Lipinski definition) is 1. The molecular weight excluding hydrogens is 424 g/mol. The predicted octanol–water partition coefficient (Wildman–Crippen LogP) is 5.03. The van der Waals surface area contributed by atoms with E-state index >= 15 is 0 Å². The van der Waals surface area contributed by atoms with Crippen molar-refractivity contribution in [1.29, 1.82) is 0 Å². The van der Waals surface area contributed by atoms with Gasteiger partial charge in [-0.3, -0.25) is 4.98 Å². The minimum atomic E-state index is -1.10. The molecule has 0 amide bonds. The van der Waals surface area contributed by atoms with Crippen molar-refractivity contribution < 1.29 is 9.90 Å². The fourth-order valence-electron chi connectivity index (χ4n) is 2.12. The van der Waals surface area contributed by atoms with Crippen LogP contribution in [0.15, 0.2) is 63.7 Å². The van der Waals surface area contributed by atoms with Crippen LogP contribution in [0.25, 0.3) is 22.5 Å². The van der Waals surface area contributed by atoms with Gasteiger partial charge in [-0.25, -0.2) is 9.78 Å². The molecule has 4 nitrogen and oxygen atoms in total. The molecule has 3 rings (SSSR count). The van der Waals surface area contributed by atoms with E-state index in [4.69, 9.17) is 0 Å². The van der Waals surface area contributed by atoms with Crippen molar-refractivity contribution in [3.63, 3.8) is 0 Å². The summed E-state index contributed by atoms with van der Waals surface area (Å²) >= 11 is 6.79. The Kier molecular flexibility index (Phi) is 4.54. The number of rotatable bonds is 3. The third kappa shape index (κ3) is 3.48. The van der Waals surface area contributed by atoms with Gasteiger partial charge in [-0.1, -0.05) is 56.1 Å². The van der Waals surface area contributed by atoms with Crippen LogP contribution in [0.5, 0.6) is 0 Å². The number of aromatic nitrogens is 2. The van der Waals surface area contributed by atoms with Crippen LogP contribution in [-0.2, 0) is 0 Å². The fraction of sp³-hybridized carbons (Fsp3) is 0. The largest absolute Gasteiger partial charge is 0.476 e. The molecule has 114 valence electrons. The third-order valence-electron chi connectivity index (χ3n) is 3.23. The van der Waals surface area contributed by atoms with Gasteiger partial charge < -0.3 is 5.11 Å². The quantitative estimate of drug-likeness (QED) is 0.628. The Bertz CT molecular complexity index is 863. The van der Waals surface area contributed by atoms with Crippen molar-refractivity contribution in [3.8, 4) is 22.5 Å². The molecule has 0 saturated carbocycles. The summed E-state index contributed by atoms with van der Waals surface area (Å²) in [7, 11) is 0. The van der Waals surface area contributed by atoms with Crippen LogP contribution in [0.4, 0.5) is 0 Å². The van der Waals surface area contributed by atoms with Gasteiger partial charge in [-0.15, -0.1) is 0 Å². The number of halogens is 2. The molecule has 0 aliphatic carbocycles. The van der Waals surface area contributed by atoms with Crippen molar-refractivity contribution in [2.75, 3.05) is 0 Å². The molecule has 1 heterocycles. The van der Waals surface area contributed by atoms with Crippen molar-refractivity contribution in [2.24, 2.45) is 0 Å². The molecule has 0 atom stereocenters. The van der Waals surface area contributed by atoms with Gasteiger partial charge in [-0.05, 0) is 24.3 Å². The SMILES string of the molecule is O=C(O)c1cnc(-c2ccc(Br)cc2)c(-c2ccc(Br)cc2)n1. The summed E-state index contributed by atoms with van der Waals surface area (Å²) in [5.41, 5.74) is 2.78. The van der Waals surface area contributed by atoms with E-state index in [2.05, 4.69) is 41.8 Å². The van der Waals surface area contributed by atoms with E-state index < -0.39 is 5.97 Å². The maximum Gasteiger partial charge on any atom is 0.356 e. The smallest absolute Gasteiger partial charge is 0.356 e. The average Bonchev–Trinajstić information content (AvgIpc) is 2.56. The second kappa shape index (κ2) is 6.60. The molecule has 0 saturated heterocycles. The topological polar surface area (TPSA) is 63.1 Å². The first-order valence-electron chi connectivity index (χ1n) is 6.67. The molecular formula is C17H10Br2N2O2. The van der Waals surface area contributed by atoms with Gasteiger partial charge in [0.2, 0.25) is 0 Å². The Morgan fingerprint density at radius 1 is 0.826 bits per heavy atom.